The van der Waals surface area contributed by atoms with Crippen LogP contribution in [0.3, 0.4) is 0 Å². The fraction of sp³-hybridized carbons (Fsp3) is 0.550. The van der Waals surface area contributed by atoms with Crippen molar-refractivity contribution in [1.82, 2.24) is 10.2 Å². The van der Waals surface area contributed by atoms with Crippen LogP contribution in [0.4, 0.5) is 10.5 Å². The Labute approximate surface area is 154 Å². The summed E-state index contributed by atoms with van der Waals surface area (Å²) in [6.07, 6.45) is 4.28. The van der Waals surface area contributed by atoms with Crippen LogP contribution >= 0.6 is 0 Å². The highest BCUT2D eigenvalue weighted by Gasteiger charge is 2.52. The Hall–Kier alpha value is -2.37. The molecule has 0 unspecified atom stereocenters. The maximum Gasteiger partial charge on any atom is 0.325 e. The summed E-state index contributed by atoms with van der Waals surface area (Å²) in [5.74, 6) is -0.00217. The average Bonchev–Trinajstić information content (AvgIpc) is 2.79. The molecule has 1 spiro atoms. The summed E-state index contributed by atoms with van der Waals surface area (Å²) >= 11 is 0. The summed E-state index contributed by atoms with van der Waals surface area (Å²) < 4.78 is 0. The van der Waals surface area contributed by atoms with Crippen LogP contribution in [-0.2, 0) is 9.59 Å². The zero-order valence-electron chi connectivity index (χ0n) is 15.7. The van der Waals surface area contributed by atoms with Crippen LogP contribution in [0, 0.1) is 19.8 Å². The van der Waals surface area contributed by atoms with Gasteiger partial charge in [0, 0.05) is 5.69 Å². The van der Waals surface area contributed by atoms with E-state index in [9.17, 15) is 14.4 Å². The van der Waals surface area contributed by atoms with E-state index >= 15 is 0 Å². The van der Waals surface area contributed by atoms with Crippen LogP contribution in [0.1, 0.15) is 50.2 Å². The number of carbonyl (C=O) groups excluding carboxylic acids is 3. The highest BCUT2D eigenvalue weighted by Crippen LogP contribution is 2.37. The van der Waals surface area contributed by atoms with Gasteiger partial charge in [-0.1, -0.05) is 19.4 Å². The molecule has 140 valence electrons. The van der Waals surface area contributed by atoms with Gasteiger partial charge >= 0.3 is 6.03 Å². The third-order valence-electron chi connectivity index (χ3n) is 5.59. The monoisotopic (exact) mass is 357 g/mol. The molecule has 3 rings (SSSR count). The van der Waals surface area contributed by atoms with E-state index in [2.05, 4.69) is 17.6 Å². The Morgan fingerprint density at radius 2 is 1.81 bits per heavy atom. The Balaban J connectivity index is 1.65. The third-order valence-corrected chi connectivity index (χ3v) is 5.59. The molecule has 4 amide bonds. The molecule has 26 heavy (non-hydrogen) atoms. The molecule has 6 heteroatoms. The second-order valence-corrected chi connectivity index (χ2v) is 7.68. The van der Waals surface area contributed by atoms with Crippen molar-refractivity contribution in [3.63, 3.8) is 0 Å². The first-order chi connectivity index (χ1) is 12.3. The first-order valence-corrected chi connectivity index (χ1v) is 9.35. The van der Waals surface area contributed by atoms with E-state index in [0.29, 0.717) is 24.4 Å². The number of hydrogen-bond donors (Lipinski definition) is 2. The molecule has 0 radical (unpaired) electrons. The summed E-state index contributed by atoms with van der Waals surface area (Å²) in [6.45, 7) is 5.81. The zero-order chi connectivity index (χ0) is 18.9. The van der Waals surface area contributed by atoms with Crippen LogP contribution in [0.2, 0.25) is 0 Å². The van der Waals surface area contributed by atoms with Crippen LogP contribution in [0.15, 0.2) is 18.2 Å². The van der Waals surface area contributed by atoms with Crippen molar-refractivity contribution in [1.29, 1.82) is 0 Å². The number of imide groups is 1. The highest BCUT2D eigenvalue weighted by atomic mass is 16.2. The molecule has 2 N–H and O–H groups in total. The van der Waals surface area contributed by atoms with Gasteiger partial charge in [0.15, 0.2) is 0 Å². The van der Waals surface area contributed by atoms with Gasteiger partial charge < -0.3 is 10.6 Å². The number of anilines is 1. The summed E-state index contributed by atoms with van der Waals surface area (Å²) in [5.41, 5.74) is 1.96. The molecule has 2 aliphatic rings. The van der Waals surface area contributed by atoms with Gasteiger partial charge in [0.1, 0.15) is 12.1 Å². The minimum absolute atomic E-state index is 0.253. The maximum atomic E-state index is 12.8. The first kappa shape index (κ1) is 18.4. The SMILES string of the molecule is CCC1CCC2(CC1)NC(=O)N(CC(=O)Nc1cc(C)cc(C)c1)C2=O. The van der Waals surface area contributed by atoms with Gasteiger partial charge in [-0.2, -0.15) is 0 Å². The normalized spacial score (nSPS) is 25.5. The van der Waals surface area contributed by atoms with E-state index in [1.807, 2.05) is 32.0 Å². The van der Waals surface area contributed by atoms with Crippen molar-refractivity contribution in [2.45, 2.75) is 58.4 Å². The Morgan fingerprint density at radius 3 is 2.38 bits per heavy atom. The van der Waals surface area contributed by atoms with Crippen LogP contribution < -0.4 is 10.6 Å². The van der Waals surface area contributed by atoms with Gasteiger partial charge in [0.25, 0.3) is 5.91 Å². The minimum atomic E-state index is -0.803. The predicted octanol–water partition coefficient (Wildman–Crippen LogP) is 3.13. The first-order valence-electron chi connectivity index (χ1n) is 9.35. The summed E-state index contributed by atoms with van der Waals surface area (Å²) in [7, 11) is 0. The molecule has 6 nitrogen and oxygen atoms in total. The summed E-state index contributed by atoms with van der Waals surface area (Å²) in [6, 6.07) is 5.29. The van der Waals surface area contributed by atoms with E-state index < -0.39 is 11.6 Å². The number of benzene rings is 1. The minimum Gasteiger partial charge on any atom is -0.325 e. The van der Waals surface area contributed by atoms with Gasteiger partial charge in [-0.25, -0.2) is 4.79 Å². The molecule has 2 fully saturated rings. The van der Waals surface area contributed by atoms with Crippen LogP contribution in [-0.4, -0.2) is 34.8 Å². The molecule has 1 aromatic rings. The third kappa shape index (κ3) is 3.59. The number of amides is 4. The number of nitrogens with one attached hydrogen (secondary N) is 2. The molecule has 1 heterocycles. The van der Waals surface area contributed by atoms with Crippen molar-refractivity contribution >= 4 is 23.5 Å². The number of rotatable bonds is 4. The molecule has 1 aromatic carbocycles. The molecule has 1 saturated carbocycles. The van der Waals surface area contributed by atoms with Crippen molar-refractivity contribution in [2.75, 3.05) is 11.9 Å². The van der Waals surface area contributed by atoms with Crippen molar-refractivity contribution in [3.8, 4) is 0 Å². The molecular weight excluding hydrogens is 330 g/mol. The van der Waals surface area contributed by atoms with Crippen molar-refractivity contribution in [2.24, 2.45) is 5.92 Å². The van der Waals surface area contributed by atoms with Gasteiger partial charge in [-0.05, 0) is 68.7 Å². The van der Waals surface area contributed by atoms with Gasteiger partial charge in [0.2, 0.25) is 5.91 Å². The molecule has 1 aliphatic heterocycles. The molecule has 1 aliphatic carbocycles. The Morgan fingerprint density at radius 1 is 1.19 bits per heavy atom. The van der Waals surface area contributed by atoms with E-state index in [4.69, 9.17) is 0 Å². The topological polar surface area (TPSA) is 78.5 Å². The highest BCUT2D eigenvalue weighted by molar-refractivity contribution is 6.10. The lowest BCUT2D eigenvalue weighted by molar-refractivity contribution is -0.135. The van der Waals surface area contributed by atoms with E-state index in [1.165, 1.54) is 0 Å². The fourth-order valence-electron chi connectivity index (χ4n) is 4.13. The van der Waals surface area contributed by atoms with Crippen molar-refractivity contribution < 1.29 is 14.4 Å². The second kappa shape index (κ2) is 7.09. The smallest absolute Gasteiger partial charge is 0.325 e. The fourth-order valence-corrected chi connectivity index (χ4v) is 4.13. The standard InChI is InChI=1S/C20H27N3O3/c1-4-15-5-7-20(8-6-15)18(25)23(19(26)22-20)12-17(24)21-16-10-13(2)9-14(3)11-16/h9-11,15H,4-8,12H2,1-3H3,(H,21,24)(H,22,26). The van der Waals surface area contributed by atoms with E-state index in [1.54, 1.807) is 0 Å². The van der Waals surface area contributed by atoms with E-state index in [-0.39, 0.29) is 18.4 Å². The predicted molar refractivity (Wildman–Crippen MR) is 99.8 cm³/mol. The molecular formula is C20H27N3O3. The number of aryl methyl sites for hydroxylation is 2. The second-order valence-electron chi connectivity index (χ2n) is 7.68. The van der Waals surface area contributed by atoms with Crippen LogP contribution in [0.5, 0.6) is 0 Å². The van der Waals surface area contributed by atoms with Gasteiger partial charge in [-0.15, -0.1) is 0 Å². The summed E-state index contributed by atoms with van der Waals surface area (Å²) in [5, 5.41) is 5.64. The zero-order valence-corrected chi connectivity index (χ0v) is 15.7. The lowest BCUT2D eigenvalue weighted by atomic mass is 9.75. The molecule has 0 aromatic heterocycles. The number of carbonyl (C=O) groups is 3. The number of urea groups is 1. The molecule has 0 bridgehead atoms. The Kier molecular flexibility index (Phi) is 5.03. The largest absolute Gasteiger partial charge is 0.325 e. The van der Waals surface area contributed by atoms with Crippen molar-refractivity contribution in [3.05, 3.63) is 29.3 Å². The lowest BCUT2D eigenvalue weighted by Crippen LogP contribution is -2.49. The molecule has 1 saturated heterocycles. The summed E-state index contributed by atoms with van der Waals surface area (Å²) in [4.78, 5) is 38.6. The Bertz CT molecular complexity index is 716. The maximum absolute atomic E-state index is 12.8. The average molecular weight is 357 g/mol. The quantitative estimate of drug-likeness (QED) is 0.813. The lowest BCUT2D eigenvalue weighted by Gasteiger charge is -2.34. The van der Waals surface area contributed by atoms with Crippen LogP contribution in [0.25, 0.3) is 0 Å². The van der Waals surface area contributed by atoms with E-state index in [0.717, 1.165) is 35.3 Å². The number of nitrogens with zero attached hydrogens (tertiary/aromatic N) is 1. The number of hydrogen-bond acceptors (Lipinski definition) is 3. The molecule has 0 atom stereocenters. The van der Waals surface area contributed by atoms with Gasteiger partial charge in [-0.3, -0.25) is 14.5 Å². The van der Waals surface area contributed by atoms with Gasteiger partial charge in [0.05, 0.1) is 0 Å².